The average molecular weight is 371 g/mol. The summed E-state index contributed by atoms with van der Waals surface area (Å²) in [6, 6.07) is 0. The van der Waals surface area contributed by atoms with Crippen molar-refractivity contribution in [3.05, 3.63) is 0 Å². The van der Waals surface area contributed by atoms with Crippen molar-refractivity contribution in [2.75, 3.05) is 0 Å². The van der Waals surface area contributed by atoms with Crippen LogP contribution in [0.15, 0.2) is 0 Å². The topological polar surface area (TPSA) is 207 Å². The Morgan fingerprint density at radius 2 is 1.12 bits per heavy atom. The van der Waals surface area contributed by atoms with E-state index >= 15 is 0 Å². The van der Waals surface area contributed by atoms with Gasteiger partial charge in [-0.3, -0.25) is 9.59 Å². The van der Waals surface area contributed by atoms with Crippen LogP contribution in [-0.2, 0) is 38.2 Å². The molecule has 0 aromatic heterocycles. The van der Waals surface area contributed by atoms with Crippen LogP contribution in [-0.4, -0.2) is 80.3 Å². The van der Waals surface area contributed by atoms with Crippen LogP contribution in [0.1, 0.15) is 25.7 Å². The van der Waals surface area contributed by atoms with Crippen molar-refractivity contribution < 1.29 is 58.7 Å². The van der Waals surface area contributed by atoms with Gasteiger partial charge in [-0.25, -0.2) is 9.59 Å². The molecule has 0 saturated carbocycles. The molecule has 0 aromatic carbocycles. The third kappa shape index (κ3) is 6.04. The minimum Gasteiger partial charge on any atom is -0.550 e. The van der Waals surface area contributed by atoms with E-state index in [1.54, 1.807) is 0 Å². The maximum Gasteiger partial charge on any atom is 2.00 e. The van der Waals surface area contributed by atoms with Crippen LogP contribution >= 0.6 is 0 Å². The predicted molar refractivity (Wildman–Crippen MR) is 66.3 cm³/mol. The third-order valence-electron chi connectivity index (χ3n) is 2.92. The summed E-state index contributed by atoms with van der Waals surface area (Å²) in [7, 11) is 0. The van der Waals surface area contributed by atoms with Crippen LogP contribution in [0, 0.1) is 0 Å². The zero-order valence-corrected chi connectivity index (χ0v) is 13.9. The van der Waals surface area contributed by atoms with Crippen molar-refractivity contribution in [1.82, 2.24) is 0 Å². The van der Waals surface area contributed by atoms with E-state index in [2.05, 4.69) is 9.47 Å². The third-order valence-corrected chi connectivity index (χ3v) is 2.92. The first-order chi connectivity index (χ1) is 10.9. The minimum atomic E-state index is -2.23. The van der Waals surface area contributed by atoms with Gasteiger partial charge in [0.2, 0.25) is 0 Å². The van der Waals surface area contributed by atoms with Gasteiger partial charge in [0.15, 0.2) is 11.2 Å². The summed E-state index contributed by atoms with van der Waals surface area (Å²) in [6.45, 7) is 0. The molecule has 12 nitrogen and oxygen atoms in total. The maximum absolute atomic E-state index is 10.7. The van der Waals surface area contributed by atoms with E-state index < -0.39 is 72.7 Å². The standard InChI is InChI=1S/2C6H6O6.Mg/c2*7-3(8)1-6(11)2-4(9)12-5(6)10;/h2*11H,1-2H2,(H,7,8);/q;;+2/p-2. The molecular weight excluding hydrogens is 360 g/mol. The van der Waals surface area contributed by atoms with Gasteiger partial charge in [0.25, 0.3) is 0 Å². The molecule has 132 valence electrons. The molecule has 2 saturated heterocycles. The van der Waals surface area contributed by atoms with E-state index in [4.69, 9.17) is 0 Å². The predicted octanol–water partition coefficient (Wildman–Crippen LogP) is -5.72. The number of carboxylic acids is 2. The minimum absolute atomic E-state index is 0. The summed E-state index contributed by atoms with van der Waals surface area (Å²) >= 11 is 0. The fraction of sp³-hybridized carbons (Fsp3) is 0.500. The van der Waals surface area contributed by atoms with Crippen molar-refractivity contribution in [2.24, 2.45) is 0 Å². The molecule has 2 unspecified atom stereocenters. The number of rotatable bonds is 4. The fourth-order valence-electron chi connectivity index (χ4n) is 1.84. The molecule has 25 heavy (non-hydrogen) atoms. The average Bonchev–Trinajstić information content (AvgIpc) is 2.73. The van der Waals surface area contributed by atoms with Crippen LogP contribution in [0.2, 0.25) is 0 Å². The van der Waals surface area contributed by atoms with Gasteiger partial charge in [0.1, 0.15) is 0 Å². The van der Waals surface area contributed by atoms with Crippen molar-refractivity contribution in [3.63, 3.8) is 0 Å². The molecule has 0 spiro atoms. The van der Waals surface area contributed by atoms with E-state index in [0.717, 1.165) is 0 Å². The van der Waals surface area contributed by atoms with Gasteiger partial charge >= 0.3 is 46.9 Å². The molecule has 2 rings (SSSR count). The molecule has 13 heteroatoms. The Morgan fingerprint density at radius 1 is 0.840 bits per heavy atom. The van der Waals surface area contributed by atoms with E-state index in [-0.39, 0.29) is 23.1 Å². The summed E-state index contributed by atoms with van der Waals surface area (Å²) in [6.07, 6.45) is -3.09. The summed E-state index contributed by atoms with van der Waals surface area (Å²) in [5.41, 5.74) is -4.45. The van der Waals surface area contributed by atoms with Gasteiger partial charge < -0.3 is 39.5 Å². The van der Waals surface area contributed by atoms with Crippen molar-refractivity contribution >= 4 is 58.9 Å². The fourth-order valence-corrected chi connectivity index (χ4v) is 1.84. The van der Waals surface area contributed by atoms with Gasteiger partial charge in [0, 0.05) is 24.8 Å². The molecule has 2 atom stereocenters. The van der Waals surface area contributed by atoms with Crippen LogP contribution in [0.4, 0.5) is 0 Å². The molecular formula is C12H10MgO12. The second-order valence-corrected chi connectivity index (χ2v) is 5.04. The molecule has 0 aromatic rings. The van der Waals surface area contributed by atoms with Gasteiger partial charge in [-0.2, -0.15) is 0 Å². The smallest absolute Gasteiger partial charge is 0.550 e. The van der Waals surface area contributed by atoms with Gasteiger partial charge in [-0.15, -0.1) is 0 Å². The normalized spacial score (nSPS) is 27.6. The van der Waals surface area contributed by atoms with E-state index in [9.17, 15) is 49.2 Å². The van der Waals surface area contributed by atoms with Crippen molar-refractivity contribution in [1.29, 1.82) is 0 Å². The van der Waals surface area contributed by atoms with Gasteiger partial charge in [-0.1, -0.05) is 0 Å². The summed E-state index contributed by atoms with van der Waals surface area (Å²) in [4.78, 5) is 62.2. The number of cyclic esters (lactones) is 4. The number of aliphatic carboxylic acids is 2. The number of carbonyl (C=O) groups is 6. The quantitative estimate of drug-likeness (QED) is 0.269. The Balaban J connectivity index is 0.000000443. The summed E-state index contributed by atoms with van der Waals surface area (Å²) < 4.78 is 7.92. The first-order valence-electron chi connectivity index (χ1n) is 6.23. The Bertz CT molecular complexity index is 574. The van der Waals surface area contributed by atoms with Crippen LogP contribution in [0.25, 0.3) is 0 Å². The number of carboxylic acid groups (broad SMARTS) is 2. The first kappa shape index (κ1) is 22.9. The second-order valence-electron chi connectivity index (χ2n) is 5.04. The van der Waals surface area contributed by atoms with Crippen LogP contribution in [0.3, 0.4) is 0 Å². The number of carbonyl (C=O) groups excluding carboxylic acids is 6. The Hall–Kier alpha value is -2.09. The number of hydrogen-bond acceptors (Lipinski definition) is 12. The molecule has 2 N–H and O–H groups in total. The molecule has 0 aliphatic carbocycles. The van der Waals surface area contributed by atoms with E-state index in [0.29, 0.717) is 0 Å². The van der Waals surface area contributed by atoms with Gasteiger partial charge in [-0.05, 0) is 0 Å². The zero-order chi connectivity index (χ0) is 18.7. The monoisotopic (exact) mass is 370 g/mol. The van der Waals surface area contributed by atoms with E-state index in [1.165, 1.54) is 0 Å². The van der Waals surface area contributed by atoms with Crippen molar-refractivity contribution in [2.45, 2.75) is 36.9 Å². The van der Waals surface area contributed by atoms with E-state index in [1.807, 2.05) is 0 Å². The molecule has 2 aliphatic heterocycles. The first-order valence-corrected chi connectivity index (χ1v) is 6.23. The molecule has 2 heterocycles. The number of hydrogen-bond donors (Lipinski definition) is 2. The number of esters is 4. The number of aliphatic hydroxyl groups is 2. The van der Waals surface area contributed by atoms with Crippen LogP contribution < -0.4 is 10.2 Å². The Labute approximate surface area is 154 Å². The summed E-state index contributed by atoms with van der Waals surface area (Å²) in [5.74, 6) is -7.52. The molecule has 2 fully saturated rings. The molecule has 0 bridgehead atoms. The zero-order valence-electron chi connectivity index (χ0n) is 12.5. The Kier molecular flexibility index (Phi) is 7.63. The summed E-state index contributed by atoms with van der Waals surface area (Å²) in [5, 5.41) is 38.4. The molecule has 2 aliphatic rings. The van der Waals surface area contributed by atoms with Crippen molar-refractivity contribution in [3.8, 4) is 0 Å². The largest absolute Gasteiger partial charge is 2.00 e. The second kappa shape index (κ2) is 8.33. The molecule has 0 radical (unpaired) electrons. The Morgan fingerprint density at radius 3 is 1.28 bits per heavy atom. The SMILES string of the molecule is O=C([O-])CC1(O)CC(=O)OC1=O.O=C([O-])CC1(O)CC(=O)OC1=O.[Mg+2]. The van der Waals surface area contributed by atoms with Gasteiger partial charge in [0.05, 0.1) is 12.8 Å². The molecule has 0 amide bonds. The maximum atomic E-state index is 10.7. The van der Waals surface area contributed by atoms with Crippen LogP contribution in [0.5, 0.6) is 0 Å². The number of ether oxygens (including phenoxy) is 2.